The number of rotatable bonds is 5. The average molecular weight is 350 g/mol. The molecule has 6 nitrogen and oxygen atoms in total. The van der Waals surface area contributed by atoms with Gasteiger partial charge in [0.25, 0.3) is 5.91 Å². The molecule has 2 aromatic carbocycles. The van der Waals surface area contributed by atoms with E-state index in [1.54, 1.807) is 12.1 Å². The van der Waals surface area contributed by atoms with Crippen molar-refractivity contribution in [3.8, 4) is 0 Å². The Morgan fingerprint density at radius 2 is 1.81 bits per heavy atom. The van der Waals surface area contributed by atoms with Crippen LogP contribution < -0.4 is 15.2 Å². The van der Waals surface area contributed by atoms with Gasteiger partial charge in [-0.3, -0.25) is 9.59 Å². The fourth-order valence-electron chi connectivity index (χ4n) is 2.76. The summed E-state index contributed by atoms with van der Waals surface area (Å²) in [6.45, 7) is 2.87. The Hall–Kier alpha value is -3.15. The third-order valence-electron chi connectivity index (χ3n) is 4.33. The molecule has 0 fully saturated rings. The molecule has 0 saturated heterocycles. The zero-order valence-corrected chi connectivity index (χ0v) is 15.0. The lowest BCUT2D eigenvalue weighted by molar-refractivity contribution is -0.118. The van der Waals surface area contributed by atoms with Crippen molar-refractivity contribution in [2.45, 2.75) is 19.8 Å². The van der Waals surface area contributed by atoms with Crippen LogP contribution >= 0.6 is 0 Å². The topological polar surface area (TPSA) is 65.0 Å². The van der Waals surface area contributed by atoms with Gasteiger partial charge in [0.1, 0.15) is 5.71 Å². The number of nitrogens with one attached hydrogen (secondary N) is 1. The van der Waals surface area contributed by atoms with Crippen LogP contribution in [0.4, 0.5) is 17.1 Å². The minimum absolute atomic E-state index is 0.112. The van der Waals surface area contributed by atoms with Crippen molar-refractivity contribution < 1.29 is 9.59 Å². The summed E-state index contributed by atoms with van der Waals surface area (Å²) in [5.74, 6) is -0.394. The highest BCUT2D eigenvalue weighted by molar-refractivity contribution is 6.44. The summed E-state index contributed by atoms with van der Waals surface area (Å²) in [5.41, 5.74) is 2.68. The van der Waals surface area contributed by atoms with E-state index in [0.717, 1.165) is 17.9 Å². The normalized spacial score (nSPS) is 14.0. The SMILES string of the molecule is CCN(C)c1ccccc1NC(=O)C1=NN(c2ccccc2)C(=O)CC1. The third-order valence-corrected chi connectivity index (χ3v) is 4.33. The van der Waals surface area contributed by atoms with Gasteiger partial charge < -0.3 is 10.2 Å². The van der Waals surface area contributed by atoms with E-state index in [9.17, 15) is 9.59 Å². The molecule has 1 heterocycles. The van der Waals surface area contributed by atoms with Crippen LogP contribution in [0.25, 0.3) is 0 Å². The molecule has 0 saturated carbocycles. The molecule has 0 aliphatic carbocycles. The van der Waals surface area contributed by atoms with Crippen molar-refractivity contribution in [3.05, 3.63) is 54.6 Å². The molecule has 1 N–H and O–H groups in total. The summed E-state index contributed by atoms with van der Waals surface area (Å²) in [7, 11) is 1.97. The van der Waals surface area contributed by atoms with Crippen LogP contribution in [0.3, 0.4) is 0 Å². The van der Waals surface area contributed by atoms with Crippen LogP contribution in [0.5, 0.6) is 0 Å². The van der Waals surface area contributed by atoms with Crippen molar-refractivity contribution in [2.75, 3.05) is 28.8 Å². The largest absolute Gasteiger partial charge is 0.373 e. The molecule has 134 valence electrons. The molecule has 0 unspecified atom stereocenters. The first-order valence-electron chi connectivity index (χ1n) is 8.67. The molecule has 0 aromatic heterocycles. The molecule has 0 bridgehead atoms. The smallest absolute Gasteiger partial charge is 0.271 e. The molecule has 2 aromatic rings. The number of nitrogens with zero attached hydrogens (tertiary/aromatic N) is 3. The molecule has 0 radical (unpaired) electrons. The number of hydrogen-bond acceptors (Lipinski definition) is 4. The van der Waals surface area contributed by atoms with Crippen molar-refractivity contribution in [1.29, 1.82) is 0 Å². The molecule has 2 amide bonds. The monoisotopic (exact) mass is 350 g/mol. The van der Waals surface area contributed by atoms with Crippen molar-refractivity contribution >= 4 is 34.6 Å². The first-order chi connectivity index (χ1) is 12.6. The summed E-state index contributed by atoms with van der Waals surface area (Å²) in [4.78, 5) is 27.0. The predicted octanol–water partition coefficient (Wildman–Crippen LogP) is 3.26. The summed E-state index contributed by atoms with van der Waals surface area (Å²) >= 11 is 0. The van der Waals surface area contributed by atoms with E-state index in [0.29, 0.717) is 17.8 Å². The van der Waals surface area contributed by atoms with E-state index in [1.165, 1.54) is 5.01 Å². The van der Waals surface area contributed by atoms with Crippen LogP contribution in [0, 0.1) is 0 Å². The van der Waals surface area contributed by atoms with Gasteiger partial charge in [0.2, 0.25) is 5.91 Å². The summed E-state index contributed by atoms with van der Waals surface area (Å²) in [5, 5.41) is 8.54. The fourth-order valence-corrected chi connectivity index (χ4v) is 2.76. The van der Waals surface area contributed by atoms with E-state index in [4.69, 9.17) is 0 Å². The standard InChI is InChI=1S/C20H22N4O2/c1-3-23(2)18-12-8-7-11-16(18)21-20(26)17-13-14-19(25)24(22-17)15-9-5-4-6-10-15/h4-12H,3,13-14H2,1-2H3,(H,21,26). The Balaban J connectivity index is 1.83. The Kier molecular flexibility index (Phi) is 5.31. The second-order valence-electron chi connectivity index (χ2n) is 6.07. The molecule has 26 heavy (non-hydrogen) atoms. The number of benzene rings is 2. The van der Waals surface area contributed by atoms with E-state index < -0.39 is 0 Å². The number of anilines is 3. The fraction of sp³-hybridized carbons (Fsp3) is 0.250. The molecule has 6 heteroatoms. The quantitative estimate of drug-likeness (QED) is 0.900. The molecular formula is C20H22N4O2. The van der Waals surface area contributed by atoms with Crippen LogP contribution in [0.15, 0.2) is 59.7 Å². The van der Waals surface area contributed by atoms with Gasteiger partial charge in [-0.05, 0) is 31.2 Å². The first kappa shape index (κ1) is 17.7. The van der Waals surface area contributed by atoms with Gasteiger partial charge in [-0.15, -0.1) is 0 Å². The lowest BCUT2D eigenvalue weighted by atomic mass is 10.1. The first-order valence-corrected chi connectivity index (χ1v) is 8.67. The maximum atomic E-state index is 12.7. The molecule has 0 spiro atoms. The zero-order valence-electron chi connectivity index (χ0n) is 15.0. The summed E-state index contributed by atoms with van der Waals surface area (Å²) in [6, 6.07) is 16.8. The number of carbonyl (C=O) groups excluding carboxylic acids is 2. The Morgan fingerprint density at radius 3 is 2.54 bits per heavy atom. The highest BCUT2D eigenvalue weighted by atomic mass is 16.2. The predicted molar refractivity (Wildman–Crippen MR) is 105 cm³/mol. The lowest BCUT2D eigenvalue weighted by Gasteiger charge is -2.24. The number of amides is 2. The van der Waals surface area contributed by atoms with Crippen LogP contribution in [-0.2, 0) is 9.59 Å². The van der Waals surface area contributed by atoms with Crippen LogP contribution in [0.1, 0.15) is 19.8 Å². The van der Waals surface area contributed by atoms with Gasteiger partial charge >= 0.3 is 0 Å². The van der Waals surface area contributed by atoms with Crippen molar-refractivity contribution in [3.63, 3.8) is 0 Å². The Bertz CT molecular complexity index is 833. The minimum Gasteiger partial charge on any atom is -0.373 e. The molecule has 3 rings (SSSR count). The maximum absolute atomic E-state index is 12.7. The maximum Gasteiger partial charge on any atom is 0.271 e. The van der Waals surface area contributed by atoms with Gasteiger partial charge in [-0.25, -0.2) is 5.01 Å². The number of hydrazone groups is 1. The lowest BCUT2D eigenvalue weighted by Crippen LogP contribution is -2.36. The second kappa shape index (κ2) is 7.82. The zero-order chi connectivity index (χ0) is 18.5. The Labute approximate surface area is 153 Å². The number of para-hydroxylation sites is 3. The number of hydrogen-bond donors (Lipinski definition) is 1. The van der Waals surface area contributed by atoms with Crippen LogP contribution in [-0.4, -0.2) is 31.1 Å². The minimum atomic E-state index is -0.282. The second-order valence-corrected chi connectivity index (χ2v) is 6.07. The van der Waals surface area contributed by atoms with Crippen molar-refractivity contribution in [2.24, 2.45) is 5.10 Å². The van der Waals surface area contributed by atoms with Gasteiger partial charge in [-0.1, -0.05) is 30.3 Å². The van der Waals surface area contributed by atoms with Gasteiger partial charge in [-0.2, -0.15) is 5.10 Å². The summed E-state index contributed by atoms with van der Waals surface area (Å²) in [6.07, 6.45) is 0.595. The third kappa shape index (κ3) is 3.74. The molecular weight excluding hydrogens is 328 g/mol. The Morgan fingerprint density at radius 1 is 1.12 bits per heavy atom. The summed E-state index contributed by atoms with van der Waals surface area (Å²) < 4.78 is 0. The van der Waals surface area contributed by atoms with Gasteiger partial charge in [0, 0.05) is 26.4 Å². The van der Waals surface area contributed by atoms with E-state index >= 15 is 0 Å². The van der Waals surface area contributed by atoms with E-state index in [-0.39, 0.29) is 18.2 Å². The van der Waals surface area contributed by atoms with Crippen molar-refractivity contribution in [1.82, 2.24) is 0 Å². The van der Waals surface area contributed by atoms with E-state index in [1.807, 2.05) is 56.4 Å². The van der Waals surface area contributed by atoms with Gasteiger partial charge in [0.15, 0.2) is 0 Å². The highest BCUT2D eigenvalue weighted by Crippen LogP contribution is 2.25. The molecule has 1 aliphatic heterocycles. The van der Waals surface area contributed by atoms with Crippen LogP contribution in [0.2, 0.25) is 0 Å². The number of carbonyl (C=O) groups is 2. The average Bonchev–Trinajstić information content (AvgIpc) is 2.68. The highest BCUT2D eigenvalue weighted by Gasteiger charge is 2.26. The molecule has 1 aliphatic rings. The molecule has 0 atom stereocenters. The van der Waals surface area contributed by atoms with Gasteiger partial charge in [0.05, 0.1) is 17.1 Å². The van der Waals surface area contributed by atoms with E-state index in [2.05, 4.69) is 15.3 Å².